The first-order valence-electron chi connectivity index (χ1n) is 5.45. The molecule has 0 nitrogen and oxygen atoms in total. The lowest BCUT2D eigenvalue weighted by molar-refractivity contribution is 0.607. The standard InChI is InChI=1S/C14H9Br4F/c1-7-5-12(17)9(6-11(7)16)13(18)8-3-2-4-10(15)14(8)19/h2-6,13H,1H3. The van der Waals surface area contributed by atoms with E-state index in [0.29, 0.717) is 10.0 Å². The fraction of sp³-hybridized carbons (Fsp3) is 0.143. The van der Waals surface area contributed by atoms with E-state index < -0.39 is 0 Å². The normalized spacial score (nSPS) is 12.5. The van der Waals surface area contributed by atoms with Crippen molar-refractivity contribution in [1.82, 2.24) is 0 Å². The predicted octanol–water partition coefficient (Wildman–Crippen LogP) is 6.91. The van der Waals surface area contributed by atoms with Crippen LogP contribution >= 0.6 is 63.7 Å². The zero-order valence-corrected chi connectivity index (χ0v) is 16.2. The monoisotopic (exact) mass is 512 g/mol. The number of rotatable bonds is 2. The van der Waals surface area contributed by atoms with Crippen LogP contribution in [0.3, 0.4) is 0 Å². The molecule has 2 aromatic rings. The first-order chi connectivity index (χ1) is 8.91. The molecule has 100 valence electrons. The summed E-state index contributed by atoms with van der Waals surface area (Å²) in [6.45, 7) is 2.02. The molecule has 0 spiro atoms. The van der Waals surface area contributed by atoms with Crippen LogP contribution in [-0.4, -0.2) is 0 Å². The van der Waals surface area contributed by atoms with Crippen LogP contribution in [0, 0.1) is 12.7 Å². The average Bonchev–Trinajstić information content (AvgIpc) is 2.36. The number of halogens is 5. The summed E-state index contributed by atoms with van der Waals surface area (Å²) in [5, 5.41) is 0. The van der Waals surface area contributed by atoms with E-state index in [0.717, 1.165) is 20.1 Å². The van der Waals surface area contributed by atoms with Crippen molar-refractivity contribution in [3.63, 3.8) is 0 Å². The summed E-state index contributed by atoms with van der Waals surface area (Å²) in [6.07, 6.45) is 0. The highest BCUT2D eigenvalue weighted by molar-refractivity contribution is 9.11. The van der Waals surface area contributed by atoms with Crippen molar-refractivity contribution in [2.45, 2.75) is 11.8 Å². The average molecular weight is 516 g/mol. The van der Waals surface area contributed by atoms with Gasteiger partial charge in [0.25, 0.3) is 0 Å². The van der Waals surface area contributed by atoms with Crippen LogP contribution in [-0.2, 0) is 0 Å². The predicted molar refractivity (Wildman–Crippen MR) is 91.4 cm³/mol. The molecule has 0 aliphatic heterocycles. The van der Waals surface area contributed by atoms with Crippen molar-refractivity contribution in [3.8, 4) is 0 Å². The van der Waals surface area contributed by atoms with Gasteiger partial charge in [-0.25, -0.2) is 4.39 Å². The molecule has 19 heavy (non-hydrogen) atoms. The van der Waals surface area contributed by atoms with Gasteiger partial charge in [0.2, 0.25) is 0 Å². The van der Waals surface area contributed by atoms with Gasteiger partial charge in [0.1, 0.15) is 5.82 Å². The molecule has 0 bridgehead atoms. The number of benzene rings is 2. The van der Waals surface area contributed by atoms with Crippen molar-refractivity contribution in [1.29, 1.82) is 0 Å². The maximum Gasteiger partial charge on any atom is 0.142 e. The zero-order valence-electron chi connectivity index (χ0n) is 9.85. The van der Waals surface area contributed by atoms with E-state index in [1.165, 1.54) is 0 Å². The highest BCUT2D eigenvalue weighted by Gasteiger charge is 2.19. The quantitative estimate of drug-likeness (QED) is 0.381. The number of aryl methyl sites for hydroxylation is 1. The molecular weight excluding hydrogens is 507 g/mol. The Morgan fingerprint density at radius 2 is 1.63 bits per heavy atom. The summed E-state index contributed by atoms with van der Waals surface area (Å²) in [4.78, 5) is -0.212. The van der Waals surface area contributed by atoms with Gasteiger partial charge >= 0.3 is 0 Å². The molecule has 5 heteroatoms. The second-order valence-electron chi connectivity index (χ2n) is 4.13. The Labute approximate surface area is 145 Å². The van der Waals surface area contributed by atoms with Crippen LogP contribution in [0.5, 0.6) is 0 Å². The van der Waals surface area contributed by atoms with E-state index in [1.54, 1.807) is 12.1 Å². The Bertz CT molecular complexity index is 625. The van der Waals surface area contributed by atoms with Crippen molar-refractivity contribution < 1.29 is 4.39 Å². The maximum atomic E-state index is 14.1. The largest absolute Gasteiger partial charge is 0.205 e. The Balaban J connectivity index is 2.53. The van der Waals surface area contributed by atoms with Crippen molar-refractivity contribution in [2.24, 2.45) is 0 Å². The van der Waals surface area contributed by atoms with Gasteiger partial charge in [-0.1, -0.05) is 59.9 Å². The molecular formula is C14H9Br4F. The first kappa shape index (κ1) is 15.7. The summed E-state index contributed by atoms with van der Waals surface area (Å²) in [5.74, 6) is -0.243. The highest BCUT2D eigenvalue weighted by Crippen LogP contribution is 2.39. The lowest BCUT2D eigenvalue weighted by atomic mass is 10.0. The van der Waals surface area contributed by atoms with E-state index in [1.807, 2.05) is 25.1 Å². The van der Waals surface area contributed by atoms with Gasteiger partial charge in [-0.2, -0.15) is 0 Å². The zero-order chi connectivity index (χ0) is 14.2. The molecule has 0 saturated heterocycles. The van der Waals surface area contributed by atoms with Crippen molar-refractivity contribution >= 4 is 63.7 Å². The summed E-state index contributed by atoms with van der Waals surface area (Å²) in [7, 11) is 0. The molecule has 2 aromatic carbocycles. The third-order valence-corrected chi connectivity index (χ3v) is 5.95. The highest BCUT2D eigenvalue weighted by atomic mass is 79.9. The van der Waals surface area contributed by atoms with Gasteiger partial charge in [-0.15, -0.1) is 0 Å². The molecule has 0 aliphatic rings. The number of hydrogen-bond acceptors (Lipinski definition) is 0. The fourth-order valence-electron chi connectivity index (χ4n) is 1.74. The molecule has 0 saturated carbocycles. The summed E-state index contributed by atoms with van der Waals surface area (Å²) in [5.41, 5.74) is 2.71. The summed E-state index contributed by atoms with van der Waals surface area (Å²) >= 11 is 13.8. The molecule has 0 aliphatic carbocycles. The van der Waals surface area contributed by atoms with Gasteiger partial charge in [-0.05, 0) is 52.2 Å². The van der Waals surface area contributed by atoms with Crippen LogP contribution in [0.25, 0.3) is 0 Å². The minimum atomic E-state index is -0.243. The number of hydrogen-bond donors (Lipinski definition) is 0. The molecule has 1 unspecified atom stereocenters. The van der Waals surface area contributed by atoms with Crippen molar-refractivity contribution in [3.05, 3.63) is 66.3 Å². The Kier molecular flexibility index (Phi) is 5.26. The van der Waals surface area contributed by atoms with Crippen LogP contribution in [0.4, 0.5) is 4.39 Å². The van der Waals surface area contributed by atoms with Crippen molar-refractivity contribution in [2.75, 3.05) is 0 Å². The lowest BCUT2D eigenvalue weighted by Gasteiger charge is -2.15. The van der Waals surface area contributed by atoms with Crippen LogP contribution in [0.15, 0.2) is 43.7 Å². The van der Waals surface area contributed by atoms with Gasteiger partial charge in [0.05, 0.1) is 9.30 Å². The van der Waals surface area contributed by atoms with Crippen LogP contribution in [0.2, 0.25) is 0 Å². The third-order valence-electron chi connectivity index (χ3n) is 2.81. The van der Waals surface area contributed by atoms with E-state index in [-0.39, 0.29) is 10.6 Å². The Morgan fingerprint density at radius 1 is 0.947 bits per heavy atom. The Morgan fingerprint density at radius 3 is 2.32 bits per heavy atom. The molecule has 0 heterocycles. The topological polar surface area (TPSA) is 0 Å². The summed E-state index contributed by atoms with van der Waals surface area (Å²) < 4.78 is 16.6. The minimum Gasteiger partial charge on any atom is -0.205 e. The SMILES string of the molecule is Cc1cc(Br)c(C(Br)c2cccc(Br)c2F)cc1Br. The van der Waals surface area contributed by atoms with Gasteiger partial charge < -0.3 is 0 Å². The number of alkyl halides is 1. The lowest BCUT2D eigenvalue weighted by Crippen LogP contribution is -1.99. The minimum absolute atomic E-state index is 0.212. The smallest absolute Gasteiger partial charge is 0.142 e. The maximum absolute atomic E-state index is 14.1. The molecule has 0 fully saturated rings. The van der Waals surface area contributed by atoms with Gasteiger partial charge in [0, 0.05) is 14.5 Å². The molecule has 0 N–H and O–H groups in total. The second-order valence-corrected chi connectivity index (χ2v) is 7.61. The molecule has 0 radical (unpaired) electrons. The summed E-state index contributed by atoms with van der Waals surface area (Å²) in [6, 6.07) is 9.31. The first-order valence-corrected chi connectivity index (χ1v) is 8.74. The molecule has 0 aromatic heterocycles. The van der Waals surface area contributed by atoms with E-state index in [4.69, 9.17) is 0 Å². The van der Waals surface area contributed by atoms with Crippen LogP contribution in [0.1, 0.15) is 21.5 Å². The van der Waals surface area contributed by atoms with E-state index in [2.05, 4.69) is 63.7 Å². The van der Waals surface area contributed by atoms with Gasteiger partial charge in [0.15, 0.2) is 0 Å². The van der Waals surface area contributed by atoms with Gasteiger partial charge in [-0.3, -0.25) is 0 Å². The van der Waals surface area contributed by atoms with Crippen LogP contribution < -0.4 is 0 Å². The van der Waals surface area contributed by atoms with E-state index >= 15 is 0 Å². The molecule has 1 atom stereocenters. The fourth-order valence-corrected chi connectivity index (χ4v) is 4.21. The third kappa shape index (κ3) is 3.31. The van der Waals surface area contributed by atoms with E-state index in [9.17, 15) is 4.39 Å². The Hall–Kier alpha value is 0.290. The second kappa shape index (κ2) is 6.37. The molecule has 2 rings (SSSR count). The molecule has 0 amide bonds.